The lowest BCUT2D eigenvalue weighted by Crippen LogP contribution is -2.41. The van der Waals surface area contributed by atoms with Crippen LogP contribution < -0.4 is 5.32 Å². The zero-order valence-electron chi connectivity index (χ0n) is 14.6. The quantitative estimate of drug-likeness (QED) is 0.840. The van der Waals surface area contributed by atoms with Gasteiger partial charge < -0.3 is 10.2 Å². The summed E-state index contributed by atoms with van der Waals surface area (Å²) in [5.41, 5.74) is 0.609. The third kappa shape index (κ3) is 3.41. The van der Waals surface area contributed by atoms with Gasteiger partial charge in [0.25, 0.3) is 0 Å². The summed E-state index contributed by atoms with van der Waals surface area (Å²) in [5.74, 6) is 0.394. The largest absolute Gasteiger partial charge is 0.356 e. The standard InChI is InChI=1S/C19H28N2O2/c1-5-21(6-2)18(23)19(15-10-8-7-9-11-15)12-16(19)13-20-17(22)14(3)4/h7-11,14,16H,5-6,12-13H2,1-4H3,(H,20,22)/t16-,19+/m0/s1. The summed E-state index contributed by atoms with van der Waals surface area (Å²) >= 11 is 0. The summed E-state index contributed by atoms with van der Waals surface area (Å²) in [5, 5.41) is 2.99. The highest BCUT2D eigenvalue weighted by Gasteiger charge is 2.61. The predicted molar refractivity (Wildman–Crippen MR) is 92.0 cm³/mol. The monoisotopic (exact) mass is 316 g/mol. The Morgan fingerprint density at radius 3 is 2.35 bits per heavy atom. The zero-order chi connectivity index (χ0) is 17.0. The second-order valence-electron chi connectivity index (χ2n) is 6.62. The lowest BCUT2D eigenvalue weighted by Gasteiger charge is -2.26. The van der Waals surface area contributed by atoms with Crippen molar-refractivity contribution in [1.29, 1.82) is 0 Å². The van der Waals surface area contributed by atoms with E-state index in [1.54, 1.807) is 0 Å². The summed E-state index contributed by atoms with van der Waals surface area (Å²) in [6, 6.07) is 10.00. The highest BCUT2D eigenvalue weighted by molar-refractivity contribution is 5.92. The molecular formula is C19H28N2O2. The van der Waals surface area contributed by atoms with Gasteiger partial charge in [-0.2, -0.15) is 0 Å². The first-order valence-electron chi connectivity index (χ1n) is 8.59. The van der Waals surface area contributed by atoms with Crippen molar-refractivity contribution in [2.45, 2.75) is 39.5 Å². The number of likely N-dealkylation sites (N-methyl/N-ethyl adjacent to an activating group) is 1. The van der Waals surface area contributed by atoms with Crippen LogP contribution in [0.1, 0.15) is 39.7 Å². The maximum absolute atomic E-state index is 13.1. The SMILES string of the molecule is CCN(CC)C(=O)[C@@]1(c2ccccc2)C[C@H]1CNC(=O)C(C)C. The molecule has 0 aromatic heterocycles. The molecule has 1 aliphatic rings. The minimum atomic E-state index is -0.461. The Morgan fingerprint density at radius 2 is 1.83 bits per heavy atom. The van der Waals surface area contributed by atoms with Crippen LogP contribution in [-0.2, 0) is 15.0 Å². The fourth-order valence-electron chi connectivity index (χ4n) is 3.27. The van der Waals surface area contributed by atoms with E-state index in [9.17, 15) is 9.59 Å². The summed E-state index contributed by atoms with van der Waals surface area (Å²) in [4.78, 5) is 26.8. The van der Waals surface area contributed by atoms with E-state index in [-0.39, 0.29) is 23.7 Å². The van der Waals surface area contributed by atoms with E-state index in [4.69, 9.17) is 0 Å². The molecule has 2 atom stereocenters. The molecule has 1 aromatic rings. The number of amides is 2. The second kappa shape index (κ2) is 7.16. The lowest BCUT2D eigenvalue weighted by atomic mass is 9.91. The molecule has 23 heavy (non-hydrogen) atoms. The van der Waals surface area contributed by atoms with Gasteiger partial charge in [-0.3, -0.25) is 9.59 Å². The van der Waals surface area contributed by atoms with Gasteiger partial charge in [0, 0.05) is 25.6 Å². The molecule has 1 saturated carbocycles. The van der Waals surface area contributed by atoms with E-state index in [1.807, 2.05) is 62.9 Å². The topological polar surface area (TPSA) is 49.4 Å². The van der Waals surface area contributed by atoms with Crippen molar-refractivity contribution in [1.82, 2.24) is 10.2 Å². The number of nitrogens with zero attached hydrogens (tertiary/aromatic N) is 1. The van der Waals surface area contributed by atoms with Crippen molar-refractivity contribution in [2.75, 3.05) is 19.6 Å². The molecular weight excluding hydrogens is 288 g/mol. The predicted octanol–water partition coefficient (Wildman–Crippen LogP) is 2.58. The Balaban J connectivity index is 2.19. The van der Waals surface area contributed by atoms with Crippen LogP contribution in [0.5, 0.6) is 0 Å². The molecule has 0 aliphatic heterocycles. The maximum Gasteiger partial charge on any atom is 0.233 e. The number of benzene rings is 1. The van der Waals surface area contributed by atoms with Crippen LogP contribution in [0.3, 0.4) is 0 Å². The van der Waals surface area contributed by atoms with Crippen molar-refractivity contribution in [3.05, 3.63) is 35.9 Å². The minimum absolute atomic E-state index is 0.0293. The summed E-state index contributed by atoms with van der Waals surface area (Å²) in [6.07, 6.45) is 0.810. The normalized spacial score (nSPS) is 22.7. The van der Waals surface area contributed by atoms with Gasteiger partial charge in [0.05, 0.1) is 5.41 Å². The van der Waals surface area contributed by atoms with E-state index in [1.165, 1.54) is 0 Å². The van der Waals surface area contributed by atoms with Crippen molar-refractivity contribution in [2.24, 2.45) is 11.8 Å². The van der Waals surface area contributed by atoms with Crippen LogP contribution in [0.4, 0.5) is 0 Å². The molecule has 1 aliphatic carbocycles. The molecule has 0 heterocycles. The molecule has 1 aromatic carbocycles. The molecule has 126 valence electrons. The molecule has 0 radical (unpaired) electrons. The van der Waals surface area contributed by atoms with Crippen molar-refractivity contribution >= 4 is 11.8 Å². The summed E-state index contributed by atoms with van der Waals surface area (Å²) in [6.45, 7) is 9.79. The first kappa shape index (κ1) is 17.5. The van der Waals surface area contributed by atoms with E-state index in [2.05, 4.69) is 5.32 Å². The van der Waals surface area contributed by atoms with E-state index in [0.29, 0.717) is 6.54 Å². The van der Waals surface area contributed by atoms with Gasteiger partial charge >= 0.3 is 0 Å². The van der Waals surface area contributed by atoms with Crippen molar-refractivity contribution in [3.8, 4) is 0 Å². The number of nitrogens with one attached hydrogen (secondary N) is 1. The number of carbonyl (C=O) groups is 2. The van der Waals surface area contributed by atoms with Gasteiger partial charge in [-0.1, -0.05) is 44.2 Å². The number of rotatable bonds is 7. The Labute approximate surface area is 139 Å². The van der Waals surface area contributed by atoms with E-state index < -0.39 is 5.41 Å². The van der Waals surface area contributed by atoms with E-state index >= 15 is 0 Å². The maximum atomic E-state index is 13.1. The van der Waals surface area contributed by atoms with Gasteiger partial charge in [0.1, 0.15) is 0 Å². The van der Waals surface area contributed by atoms with E-state index in [0.717, 1.165) is 25.1 Å². The number of carbonyl (C=O) groups excluding carboxylic acids is 2. The second-order valence-corrected chi connectivity index (χ2v) is 6.62. The van der Waals surface area contributed by atoms with Crippen LogP contribution in [0.2, 0.25) is 0 Å². The summed E-state index contributed by atoms with van der Waals surface area (Å²) in [7, 11) is 0. The van der Waals surface area contributed by atoms with Gasteiger partial charge in [-0.15, -0.1) is 0 Å². The van der Waals surface area contributed by atoms with Gasteiger partial charge in [0.15, 0.2) is 0 Å². The Kier molecular flexibility index (Phi) is 5.45. The van der Waals surface area contributed by atoms with Gasteiger partial charge in [0.2, 0.25) is 11.8 Å². The average Bonchev–Trinajstić information content (AvgIpc) is 3.30. The number of hydrogen-bond donors (Lipinski definition) is 1. The Hall–Kier alpha value is -1.84. The Bertz CT molecular complexity index is 552. The third-order valence-corrected chi connectivity index (χ3v) is 4.87. The van der Waals surface area contributed by atoms with Crippen LogP contribution in [-0.4, -0.2) is 36.3 Å². The zero-order valence-corrected chi connectivity index (χ0v) is 14.6. The van der Waals surface area contributed by atoms with Crippen LogP contribution in [0.25, 0.3) is 0 Å². The molecule has 1 fully saturated rings. The van der Waals surface area contributed by atoms with Crippen molar-refractivity contribution < 1.29 is 9.59 Å². The first-order valence-corrected chi connectivity index (χ1v) is 8.59. The molecule has 0 unspecified atom stereocenters. The molecule has 2 amide bonds. The van der Waals surface area contributed by atoms with Gasteiger partial charge in [-0.05, 0) is 31.7 Å². The molecule has 4 heteroatoms. The molecule has 0 spiro atoms. The highest BCUT2D eigenvalue weighted by atomic mass is 16.2. The molecule has 4 nitrogen and oxygen atoms in total. The Morgan fingerprint density at radius 1 is 1.22 bits per heavy atom. The molecule has 1 N–H and O–H groups in total. The molecule has 0 saturated heterocycles. The van der Waals surface area contributed by atoms with Crippen LogP contribution in [0, 0.1) is 11.8 Å². The molecule has 2 rings (SSSR count). The molecule has 0 bridgehead atoms. The van der Waals surface area contributed by atoms with Crippen LogP contribution in [0.15, 0.2) is 30.3 Å². The minimum Gasteiger partial charge on any atom is -0.356 e. The average molecular weight is 316 g/mol. The lowest BCUT2D eigenvalue weighted by molar-refractivity contribution is -0.134. The van der Waals surface area contributed by atoms with Gasteiger partial charge in [-0.25, -0.2) is 0 Å². The van der Waals surface area contributed by atoms with Crippen LogP contribution >= 0.6 is 0 Å². The fraction of sp³-hybridized carbons (Fsp3) is 0.579. The summed E-state index contributed by atoms with van der Waals surface area (Å²) < 4.78 is 0. The smallest absolute Gasteiger partial charge is 0.233 e. The van der Waals surface area contributed by atoms with Crippen molar-refractivity contribution in [3.63, 3.8) is 0 Å². The fourth-order valence-corrected chi connectivity index (χ4v) is 3.27. The number of hydrogen-bond acceptors (Lipinski definition) is 2. The highest BCUT2D eigenvalue weighted by Crippen LogP contribution is 2.55. The third-order valence-electron chi connectivity index (χ3n) is 4.87. The first-order chi connectivity index (χ1) is 11.0.